The highest BCUT2D eigenvalue weighted by Gasteiger charge is 2.24. The Kier molecular flexibility index (Phi) is 5.62. The third-order valence-electron chi connectivity index (χ3n) is 6.20. The normalized spacial score (nSPS) is 15.7. The number of aromatic nitrogens is 5. The van der Waals surface area contributed by atoms with Crippen LogP contribution in [-0.2, 0) is 17.9 Å². The summed E-state index contributed by atoms with van der Waals surface area (Å²) in [4.78, 5) is 16.0. The Morgan fingerprint density at radius 3 is 2.68 bits per heavy atom. The number of rotatable bonds is 5. The average molecular weight is 455 g/mol. The number of anilines is 3. The third kappa shape index (κ3) is 4.11. The lowest BCUT2D eigenvalue weighted by molar-refractivity contribution is 0.0804. The number of nitrogens with zero attached hydrogens (tertiary/aromatic N) is 6. The van der Waals surface area contributed by atoms with Gasteiger partial charge in [-0.25, -0.2) is 9.97 Å². The number of benzene rings is 1. The van der Waals surface area contributed by atoms with E-state index in [1.807, 2.05) is 29.1 Å². The van der Waals surface area contributed by atoms with Gasteiger partial charge in [-0.15, -0.1) is 0 Å². The lowest BCUT2D eigenvalue weighted by Gasteiger charge is -2.29. The zero-order chi connectivity index (χ0) is 22.7. The molecule has 2 aliphatic heterocycles. The van der Waals surface area contributed by atoms with Gasteiger partial charge in [-0.1, -0.05) is 0 Å². The van der Waals surface area contributed by atoms with Crippen molar-refractivity contribution in [3.63, 3.8) is 0 Å². The predicted octanol–water partition coefficient (Wildman–Crippen LogP) is 3.09. The highest BCUT2D eigenvalue weighted by Crippen LogP contribution is 2.35. The fraction of sp³-hybridized carbons (Fsp3) is 0.280. The molecule has 5 heterocycles. The summed E-state index contributed by atoms with van der Waals surface area (Å²) in [5, 5.41) is 11.6. The van der Waals surface area contributed by atoms with E-state index >= 15 is 0 Å². The molecule has 9 heteroatoms. The van der Waals surface area contributed by atoms with Crippen LogP contribution in [0.2, 0.25) is 0 Å². The Bertz CT molecular complexity index is 1270. The summed E-state index contributed by atoms with van der Waals surface area (Å²) in [5.74, 6) is 0.543. The van der Waals surface area contributed by atoms with Crippen LogP contribution in [0.5, 0.6) is 0 Å². The Hall–Kier alpha value is -3.82. The SMILES string of the molecule is c1cncc(-c2nn3c(c2-c2ccnc(Nc4ccc(N5CCNCC5)cc4)n2)COCC3)c1. The first-order valence-electron chi connectivity index (χ1n) is 11.6. The van der Waals surface area contributed by atoms with Crippen molar-refractivity contribution in [1.82, 2.24) is 30.0 Å². The molecule has 0 bridgehead atoms. The largest absolute Gasteiger partial charge is 0.373 e. The van der Waals surface area contributed by atoms with Crippen LogP contribution < -0.4 is 15.5 Å². The summed E-state index contributed by atoms with van der Waals surface area (Å²) in [5.41, 5.74) is 6.79. The maximum absolute atomic E-state index is 5.75. The smallest absolute Gasteiger partial charge is 0.227 e. The average Bonchev–Trinajstić information content (AvgIpc) is 3.30. The molecule has 1 fully saturated rings. The first-order chi connectivity index (χ1) is 16.8. The molecule has 34 heavy (non-hydrogen) atoms. The lowest BCUT2D eigenvalue weighted by Crippen LogP contribution is -2.43. The third-order valence-corrected chi connectivity index (χ3v) is 6.20. The van der Waals surface area contributed by atoms with Crippen LogP contribution in [0.4, 0.5) is 17.3 Å². The van der Waals surface area contributed by atoms with E-state index in [4.69, 9.17) is 14.8 Å². The van der Waals surface area contributed by atoms with Crippen molar-refractivity contribution in [3.8, 4) is 22.5 Å². The Labute approximate surface area is 197 Å². The van der Waals surface area contributed by atoms with E-state index in [9.17, 15) is 0 Å². The molecule has 1 aromatic carbocycles. The molecule has 172 valence electrons. The van der Waals surface area contributed by atoms with Crippen molar-refractivity contribution in [2.45, 2.75) is 13.2 Å². The van der Waals surface area contributed by atoms with Crippen LogP contribution >= 0.6 is 0 Å². The first-order valence-corrected chi connectivity index (χ1v) is 11.6. The Morgan fingerprint density at radius 1 is 0.971 bits per heavy atom. The van der Waals surface area contributed by atoms with Gasteiger partial charge < -0.3 is 20.3 Å². The van der Waals surface area contributed by atoms with E-state index in [-0.39, 0.29) is 0 Å². The monoisotopic (exact) mass is 454 g/mol. The fourth-order valence-electron chi connectivity index (χ4n) is 4.49. The summed E-state index contributed by atoms with van der Waals surface area (Å²) in [6, 6.07) is 14.3. The molecular formula is C25H26N8O. The number of ether oxygens (including phenoxy) is 1. The van der Waals surface area contributed by atoms with Crippen molar-refractivity contribution < 1.29 is 4.74 Å². The molecule has 2 aliphatic rings. The van der Waals surface area contributed by atoms with Crippen LogP contribution in [-0.4, -0.2) is 57.5 Å². The van der Waals surface area contributed by atoms with Gasteiger partial charge in [0.05, 0.1) is 36.7 Å². The van der Waals surface area contributed by atoms with Crippen molar-refractivity contribution in [2.24, 2.45) is 0 Å². The fourth-order valence-corrected chi connectivity index (χ4v) is 4.49. The van der Waals surface area contributed by atoms with Crippen LogP contribution in [0, 0.1) is 0 Å². The standard InChI is InChI=1S/C25H26N8O/c1-2-18(16-27-8-1)24-23(22-17-34-15-14-33(22)31-24)21-7-9-28-25(30-21)29-19-3-5-20(6-4-19)32-12-10-26-11-13-32/h1-9,16,26H,10-15,17H2,(H,28,29,30). The Balaban J connectivity index is 1.30. The van der Waals surface area contributed by atoms with E-state index in [2.05, 4.69) is 49.8 Å². The van der Waals surface area contributed by atoms with Crippen LogP contribution in [0.15, 0.2) is 61.1 Å². The molecule has 0 unspecified atom stereocenters. The zero-order valence-electron chi connectivity index (χ0n) is 18.8. The molecule has 1 saturated heterocycles. The maximum atomic E-state index is 5.75. The van der Waals surface area contributed by atoms with E-state index in [1.54, 1.807) is 12.4 Å². The van der Waals surface area contributed by atoms with Gasteiger partial charge in [0, 0.05) is 61.7 Å². The molecule has 0 aliphatic carbocycles. The topological polar surface area (TPSA) is 93.0 Å². The molecule has 0 radical (unpaired) electrons. The van der Waals surface area contributed by atoms with Crippen molar-refractivity contribution in [1.29, 1.82) is 0 Å². The maximum Gasteiger partial charge on any atom is 0.227 e. The van der Waals surface area contributed by atoms with Gasteiger partial charge in [-0.3, -0.25) is 9.67 Å². The van der Waals surface area contributed by atoms with Crippen LogP contribution in [0.1, 0.15) is 5.69 Å². The second kappa shape index (κ2) is 9.20. The number of fused-ring (bicyclic) bond motifs is 1. The number of piperazine rings is 1. The van der Waals surface area contributed by atoms with Gasteiger partial charge in [0.2, 0.25) is 5.95 Å². The number of hydrogen-bond acceptors (Lipinski definition) is 8. The second-order valence-electron chi connectivity index (χ2n) is 8.36. The number of nitrogens with one attached hydrogen (secondary N) is 2. The highest BCUT2D eigenvalue weighted by atomic mass is 16.5. The molecule has 2 N–H and O–H groups in total. The second-order valence-corrected chi connectivity index (χ2v) is 8.36. The molecule has 9 nitrogen and oxygen atoms in total. The highest BCUT2D eigenvalue weighted by molar-refractivity contribution is 5.81. The number of hydrogen-bond donors (Lipinski definition) is 2. The minimum Gasteiger partial charge on any atom is -0.373 e. The van der Waals surface area contributed by atoms with Gasteiger partial charge in [-0.05, 0) is 42.5 Å². The van der Waals surface area contributed by atoms with E-state index in [1.165, 1.54) is 5.69 Å². The van der Waals surface area contributed by atoms with E-state index in [0.717, 1.165) is 66.6 Å². The minimum absolute atomic E-state index is 0.503. The molecule has 3 aromatic heterocycles. The molecule has 0 spiro atoms. The molecule has 4 aromatic rings. The predicted molar refractivity (Wildman–Crippen MR) is 131 cm³/mol. The van der Waals surface area contributed by atoms with Gasteiger partial charge >= 0.3 is 0 Å². The van der Waals surface area contributed by atoms with Gasteiger partial charge in [0.1, 0.15) is 5.69 Å². The van der Waals surface area contributed by atoms with Gasteiger partial charge in [0.25, 0.3) is 0 Å². The summed E-state index contributed by atoms with van der Waals surface area (Å²) in [7, 11) is 0. The van der Waals surface area contributed by atoms with E-state index < -0.39 is 0 Å². The summed E-state index contributed by atoms with van der Waals surface area (Å²) >= 11 is 0. The van der Waals surface area contributed by atoms with Crippen molar-refractivity contribution >= 4 is 17.3 Å². The lowest BCUT2D eigenvalue weighted by atomic mass is 10.0. The van der Waals surface area contributed by atoms with Crippen molar-refractivity contribution in [3.05, 3.63) is 66.7 Å². The minimum atomic E-state index is 0.503. The van der Waals surface area contributed by atoms with E-state index in [0.29, 0.717) is 19.2 Å². The summed E-state index contributed by atoms with van der Waals surface area (Å²) < 4.78 is 7.77. The molecular weight excluding hydrogens is 428 g/mol. The Morgan fingerprint density at radius 2 is 1.85 bits per heavy atom. The molecule has 0 saturated carbocycles. The zero-order valence-corrected chi connectivity index (χ0v) is 18.8. The number of pyridine rings is 1. The quantitative estimate of drug-likeness (QED) is 0.475. The summed E-state index contributed by atoms with van der Waals surface area (Å²) in [6.07, 6.45) is 5.38. The molecule has 0 atom stereocenters. The molecule has 0 amide bonds. The van der Waals surface area contributed by atoms with Crippen molar-refractivity contribution in [2.75, 3.05) is 43.0 Å². The van der Waals surface area contributed by atoms with Crippen LogP contribution in [0.3, 0.4) is 0 Å². The summed E-state index contributed by atoms with van der Waals surface area (Å²) in [6.45, 7) is 5.96. The van der Waals surface area contributed by atoms with Gasteiger partial charge in [-0.2, -0.15) is 5.10 Å². The molecule has 6 rings (SSSR count). The van der Waals surface area contributed by atoms with Crippen LogP contribution in [0.25, 0.3) is 22.5 Å². The first kappa shape index (κ1) is 20.8. The van der Waals surface area contributed by atoms with Gasteiger partial charge in [0.15, 0.2) is 0 Å².